The van der Waals surface area contributed by atoms with Crippen LogP contribution in [0.1, 0.15) is 27.8 Å². The molecule has 1 atom stereocenters. The van der Waals surface area contributed by atoms with E-state index in [1.54, 1.807) is 11.3 Å². The minimum Gasteiger partial charge on any atom is -0.396 e. The normalized spacial score (nSPS) is 12.3. The van der Waals surface area contributed by atoms with Gasteiger partial charge in [-0.25, -0.2) is 0 Å². The molecule has 76 valence electrons. The quantitative estimate of drug-likeness (QED) is 0.822. The monoisotopic (exact) mass is 221 g/mol. The van der Waals surface area contributed by atoms with E-state index in [9.17, 15) is 0 Å². The predicted octanol–water partition coefficient (Wildman–Crippen LogP) is 2.17. The number of halogens is 1. The van der Waals surface area contributed by atoms with E-state index in [0.29, 0.717) is 6.42 Å². The lowest BCUT2D eigenvalue weighted by Gasteiger charge is -2.05. The van der Waals surface area contributed by atoms with Gasteiger partial charge in [-0.15, -0.1) is 23.7 Å². The first kappa shape index (κ1) is 12.9. The van der Waals surface area contributed by atoms with Gasteiger partial charge in [0, 0.05) is 22.4 Å². The molecule has 3 N–H and O–H groups in total. The maximum absolute atomic E-state index is 8.70. The first-order valence-electron chi connectivity index (χ1n) is 4.08. The predicted molar refractivity (Wildman–Crippen MR) is 59.7 cm³/mol. The van der Waals surface area contributed by atoms with Crippen molar-refractivity contribution in [3.63, 3.8) is 0 Å². The average molecular weight is 222 g/mol. The van der Waals surface area contributed by atoms with Crippen molar-refractivity contribution in [2.45, 2.75) is 26.3 Å². The van der Waals surface area contributed by atoms with Gasteiger partial charge in [-0.1, -0.05) is 0 Å². The number of aliphatic hydroxyl groups excluding tert-OH is 1. The summed E-state index contributed by atoms with van der Waals surface area (Å²) < 4.78 is 0. The van der Waals surface area contributed by atoms with Crippen molar-refractivity contribution < 1.29 is 5.11 Å². The Hall–Kier alpha value is -0.0900. The summed E-state index contributed by atoms with van der Waals surface area (Å²) in [7, 11) is 0. The van der Waals surface area contributed by atoms with E-state index in [1.165, 1.54) is 15.3 Å². The van der Waals surface area contributed by atoms with E-state index in [0.717, 1.165) is 0 Å². The van der Waals surface area contributed by atoms with E-state index in [2.05, 4.69) is 19.9 Å². The van der Waals surface area contributed by atoms with Crippen LogP contribution in [0.2, 0.25) is 0 Å². The Labute approximate surface area is 89.2 Å². The van der Waals surface area contributed by atoms with Crippen molar-refractivity contribution >= 4 is 23.7 Å². The molecule has 0 bridgehead atoms. The molecule has 0 aliphatic heterocycles. The van der Waals surface area contributed by atoms with Crippen molar-refractivity contribution in [2.24, 2.45) is 5.73 Å². The highest BCUT2D eigenvalue weighted by atomic mass is 35.5. The third-order valence-electron chi connectivity index (χ3n) is 1.99. The Morgan fingerprint density at radius 3 is 2.54 bits per heavy atom. The molecule has 0 saturated heterocycles. The summed E-state index contributed by atoms with van der Waals surface area (Å²) in [4.78, 5) is 2.50. The van der Waals surface area contributed by atoms with Gasteiger partial charge in [0.15, 0.2) is 0 Å². The number of thiophene rings is 1. The zero-order valence-corrected chi connectivity index (χ0v) is 9.54. The number of hydrogen-bond donors (Lipinski definition) is 2. The van der Waals surface area contributed by atoms with Crippen molar-refractivity contribution in [1.29, 1.82) is 0 Å². The number of hydrogen-bond acceptors (Lipinski definition) is 3. The van der Waals surface area contributed by atoms with Crippen LogP contribution >= 0.6 is 23.7 Å². The van der Waals surface area contributed by atoms with Crippen LogP contribution in [-0.4, -0.2) is 11.7 Å². The second kappa shape index (κ2) is 5.60. The van der Waals surface area contributed by atoms with Crippen LogP contribution in [0, 0.1) is 13.8 Å². The summed E-state index contributed by atoms with van der Waals surface area (Å²) in [6.45, 7) is 4.34. The molecule has 13 heavy (non-hydrogen) atoms. The molecule has 0 aliphatic carbocycles. The molecule has 1 rings (SSSR count). The first-order valence-corrected chi connectivity index (χ1v) is 4.90. The van der Waals surface area contributed by atoms with E-state index in [1.807, 2.05) is 0 Å². The van der Waals surface area contributed by atoms with E-state index >= 15 is 0 Å². The number of rotatable bonds is 3. The zero-order valence-electron chi connectivity index (χ0n) is 7.91. The van der Waals surface area contributed by atoms with Gasteiger partial charge in [0.05, 0.1) is 0 Å². The largest absolute Gasteiger partial charge is 0.396 e. The van der Waals surface area contributed by atoms with Gasteiger partial charge in [-0.3, -0.25) is 0 Å². The van der Waals surface area contributed by atoms with Gasteiger partial charge in [0.1, 0.15) is 0 Å². The average Bonchev–Trinajstić information content (AvgIpc) is 2.33. The van der Waals surface area contributed by atoms with Crippen LogP contribution in [-0.2, 0) is 0 Å². The molecule has 0 radical (unpaired) electrons. The molecule has 1 unspecified atom stereocenters. The molecule has 1 aromatic heterocycles. The highest BCUT2D eigenvalue weighted by molar-refractivity contribution is 7.12. The summed E-state index contributed by atoms with van der Waals surface area (Å²) in [6.07, 6.45) is 0.652. The summed E-state index contributed by atoms with van der Waals surface area (Å²) in [6, 6.07) is 2.12. The minimum atomic E-state index is 0. The highest BCUT2D eigenvalue weighted by Crippen LogP contribution is 2.26. The fraction of sp³-hybridized carbons (Fsp3) is 0.556. The molecular weight excluding hydrogens is 206 g/mol. The Kier molecular flexibility index (Phi) is 5.56. The van der Waals surface area contributed by atoms with Crippen LogP contribution in [0.25, 0.3) is 0 Å². The molecule has 0 fully saturated rings. The Balaban J connectivity index is 0.00000144. The Morgan fingerprint density at radius 2 is 2.15 bits per heavy atom. The lowest BCUT2D eigenvalue weighted by molar-refractivity contribution is 0.277. The number of nitrogens with two attached hydrogens (primary N) is 1. The van der Waals surface area contributed by atoms with Gasteiger partial charge in [0.25, 0.3) is 0 Å². The molecule has 1 heterocycles. The van der Waals surface area contributed by atoms with Crippen molar-refractivity contribution in [3.8, 4) is 0 Å². The molecule has 4 heteroatoms. The molecule has 0 amide bonds. The smallest absolute Gasteiger partial charge is 0.0449 e. The zero-order chi connectivity index (χ0) is 9.14. The third kappa shape index (κ3) is 3.27. The van der Waals surface area contributed by atoms with Gasteiger partial charge < -0.3 is 10.8 Å². The highest BCUT2D eigenvalue weighted by Gasteiger charge is 2.08. The Bertz CT molecular complexity index is 243. The second-order valence-corrected chi connectivity index (χ2v) is 4.29. The van der Waals surface area contributed by atoms with Crippen LogP contribution in [0.4, 0.5) is 0 Å². The topological polar surface area (TPSA) is 46.2 Å². The molecule has 2 nitrogen and oxygen atoms in total. The molecule has 0 aromatic carbocycles. The van der Waals surface area contributed by atoms with E-state index in [-0.39, 0.29) is 25.1 Å². The second-order valence-electron chi connectivity index (χ2n) is 3.01. The summed E-state index contributed by atoms with van der Waals surface area (Å²) in [5.74, 6) is 0. The van der Waals surface area contributed by atoms with Crippen LogP contribution in [0.15, 0.2) is 6.07 Å². The number of aliphatic hydroxyl groups is 1. The van der Waals surface area contributed by atoms with Crippen LogP contribution in [0.5, 0.6) is 0 Å². The van der Waals surface area contributed by atoms with Gasteiger partial charge in [-0.2, -0.15) is 0 Å². The molecule has 0 aliphatic rings. The van der Waals surface area contributed by atoms with E-state index < -0.39 is 0 Å². The Morgan fingerprint density at radius 1 is 1.54 bits per heavy atom. The summed E-state index contributed by atoms with van der Waals surface area (Å²) in [5, 5.41) is 8.70. The molecular formula is C9H16ClNOS. The third-order valence-corrected chi connectivity index (χ3v) is 3.28. The van der Waals surface area contributed by atoms with Gasteiger partial charge in [0.2, 0.25) is 0 Å². The summed E-state index contributed by atoms with van der Waals surface area (Å²) in [5.41, 5.74) is 7.13. The van der Waals surface area contributed by atoms with Gasteiger partial charge >= 0.3 is 0 Å². The maximum atomic E-state index is 8.70. The SMILES string of the molecule is Cc1cc(C(N)CCO)sc1C.Cl. The number of aryl methyl sites for hydroxylation is 2. The van der Waals surface area contributed by atoms with Crippen LogP contribution in [0.3, 0.4) is 0 Å². The first-order chi connectivity index (χ1) is 5.65. The fourth-order valence-electron chi connectivity index (χ4n) is 1.07. The van der Waals surface area contributed by atoms with Crippen LogP contribution < -0.4 is 5.73 Å². The standard InChI is InChI=1S/C9H15NOS.ClH/c1-6-5-9(12-7(6)2)8(10)3-4-11;/h5,8,11H,3-4,10H2,1-2H3;1H. The molecule has 0 saturated carbocycles. The minimum absolute atomic E-state index is 0. The lowest BCUT2D eigenvalue weighted by Crippen LogP contribution is -2.09. The van der Waals surface area contributed by atoms with Crippen molar-refractivity contribution in [3.05, 3.63) is 21.4 Å². The van der Waals surface area contributed by atoms with Gasteiger partial charge in [-0.05, 0) is 31.9 Å². The molecule has 1 aromatic rings. The summed E-state index contributed by atoms with van der Waals surface area (Å²) >= 11 is 1.73. The maximum Gasteiger partial charge on any atom is 0.0449 e. The molecule has 0 spiro atoms. The van der Waals surface area contributed by atoms with Crippen molar-refractivity contribution in [2.75, 3.05) is 6.61 Å². The van der Waals surface area contributed by atoms with Crippen molar-refractivity contribution in [1.82, 2.24) is 0 Å². The van der Waals surface area contributed by atoms with E-state index in [4.69, 9.17) is 10.8 Å². The lowest BCUT2D eigenvalue weighted by atomic mass is 10.1. The fourth-order valence-corrected chi connectivity index (χ4v) is 2.14.